The summed E-state index contributed by atoms with van der Waals surface area (Å²) in [6, 6.07) is 10.4. The molecule has 0 aliphatic carbocycles. The zero-order valence-corrected chi connectivity index (χ0v) is 13.5. The summed E-state index contributed by atoms with van der Waals surface area (Å²) in [5.74, 6) is 1.29. The lowest BCUT2D eigenvalue weighted by molar-refractivity contribution is -0.385. The SMILES string of the molecule is O=[N+]([O-])c1ccccc1CSc1nnc(NCc2ccco2)s1. The second kappa shape index (κ2) is 7.25. The van der Waals surface area contributed by atoms with Crippen LogP contribution in [0.5, 0.6) is 0 Å². The van der Waals surface area contributed by atoms with E-state index in [0.29, 0.717) is 23.0 Å². The number of nitrogens with zero attached hydrogens (tertiary/aromatic N) is 3. The van der Waals surface area contributed by atoms with Crippen molar-refractivity contribution in [2.45, 2.75) is 16.6 Å². The second-order valence-corrected chi connectivity index (χ2v) is 6.68. The fourth-order valence-electron chi connectivity index (χ4n) is 1.87. The Labute approximate surface area is 139 Å². The predicted octanol–water partition coefficient (Wildman–Crippen LogP) is 3.94. The highest BCUT2D eigenvalue weighted by atomic mass is 32.2. The third kappa shape index (κ3) is 4.08. The van der Waals surface area contributed by atoms with Gasteiger partial charge in [-0.25, -0.2) is 0 Å². The van der Waals surface area contributed by atoms with Crippen LogP contribution < -0.4 is 5.32 Å². The molecule has 0 atom stereocenters. The number of hydrogen-bond donors (Lipinski definition) is 1. The molecule has 0 fully saturated rings. The number of nitro benzene ring substituents is 1. The molecule has 0 saturated carbocycles. The zero-order chi connectivity index (χ0) is 16.1. The maximum Gasteiger partial charge on any atom is 0.273 e. The molecule has 1 N–H and O–H groups in total. The van der Waals surface area contributed by atoms with Gasteiger partial charge in [0.2, 0.25) is 5.13 Å². The number of benzene rings is 1. The Morgan fingerprint density at radius 1 is 1.26 bits per heavy atom. The van der Waals surface area contributed by atoms with E-state index >= 15 is 0 Å². The van der Waals surface area contributed by atoms with Crippen LogP contribution in [0.2, 0.25) is 0 Å². The Balaban J connectivity index is 1.58. The van der Waals surface area contributed by atoms with Gasteiger partial charge in [-0.2, -0.15) is 0 Å². The van der Waals surface area contributed by atoms with Crippen molar-refractivity contribution in [2.75, 3.05) is 5.32 Å². The van der Waals surface area contributed by atoms with Crippen molar-refractivity contribution in [1.29, 1.82) is 0 Å². The van der Waals surface area contributed by atoms with Crippen LogP contribution in [0.3, 0.4) is 0 Å². The number of hydrogen-bond acceptors (Lipinski definition) is 8. The molecule has 1 aromatic carbocycles. The maximum atomic E-state index is 11.0. The Morgan fingerprint density at radius 3 is 2.91 bits per heavy atom. The highest BCUT2D eigenvalue weighted by Gasteiger charge is 2.13. The number of anilines is 1. The number of aromatic nitrogens is 2. The minimum Gasteiger partial charge on any atom is -0.467 e. The van der Waals surface area contributed by atoms with Crippen LogP contribution in [0.15, 0.2) is 51.4 Å². The molecule has 9 heteroatoms. The molecule has 2 aromatic heterocycles. The Morgan fingerprint density at radius 2 is 2.13 bits per heavy atom. The average molecular weight is 348 g/mol. The Bertz CT molecular complexity index is 789. The van der Waals surface area contributed by atoms with Gasteiger partial charge in [-0.1, -0.05) is 41.3 Å². The van der Waals surface area contributed by atoms with Gasteiger partial charge >= 0.3 is 0 Å². The number of rotatable bonds is 7. The molecule has 7 nitrogen and oxygen atoms in total. The lowest BCUT2D eigenvalue weighted by Gasteiger charge is -2.00. The van der Waals surface area contributed by atoms with E-state index in [-0.39, 0.29) is 10.6 Å². The molecule has 0 bridgehead atoms. The quantitative estimate of drug-likeness (QED) is 0.392. The fraction of sp³-hybridized carbons (Fsp3) is 0.143. The molecule has 0 aliphatic heterocycles. The van der Waals surface area contributed by atoms with Crippen LogP contribution in [0, 0.1) is 10.1 Å². The number of para-hydroxylation sites is 1. The van der Waals surface area contributed by atoms with Gasteiger partial charge in [-0.15, -0.1) is 10.2 Å². The topological polar surface area (TPSA) is 94.1 Å². The van der Waals surface area contributed by atoms with Crippen LogP contribution in [-0.2, 0) is 12.3 Å². The maximum absolute atomic E-state index is 11.0. The minimum absolute atomic E-state index is 0.126. The number of nitrogens with one attached hydrogen (secondary N) is 1. The van der Waals surface area contributed by atoms with Crippen molar-refractivity contribution in [3.63, 3.8) is 0 Å². The summed E-state index contributed by atoms with van der Waals surface area (Å²) in [7, 11) is 0. The molecule has 0 spiro atoms. The first-order chi connectivity index (χ1) is 11.2. The standard InChI is InChI=1S/C14H12N4O3S2/c19-18(20)12-6-2-1-4-10(12)9-22-14-17-16-13(23-14)15-8-11-5-3-7-21-11/h1-7H,8-9H2,(H,15,16). The van der Waals surface area contributed by atoms with Gasteiger partial charge in [0.25, 0.3) is 5.69 Å². The van der Waals surface area contributed by atoms with Crippen molar-refractivity contribution < 1.29 is 9.34 Å². The smallest absolute Gasteiger partial charge is 0.273 e. The third-order valence-corrected chi connectivity index (χ3v) is 5.00. The van der Waals surface area contributed by atoms with E-state index in [1.165, 1.54) is 29.2 Å². The molecule has 0 aliphatic rings. The summed E-state index contributed by atoms with van der Waals surface area (Å²) < 4.78 is 5.98. The Hall–Kier alpha value is -2.39. The van der Waals surface area contributed by atoms with E-state index in [2.05, 4.69) is 15.5 Å². The molecule has 0 amide bonds. The monoisotopic (exact) mass is 348 g/mol. The molecule has 3 rings (SSSR count). The van der Waals surface area contributed by atoms with Gasteiger partial charge in [0.1, 0.15) is 5.76 Å². The summed E-state index contributed by atoms with van der Waals surface area (Å²) in [4.78, 5) is 10.6. The summed E-state index contributed by atoms with van der Waals surface area (Å²) in [6.45, 7) is 0.538. The third-order valence-electron chi connectivity index (χ3n) is 2.94. The summed E-state index contributed by atoms with van der Waals surface area (Å²) in [5, 5.41) is 22.9. The van der Waals surface area contributed by atoms with E-state index in [9.17, 15) is 10.1 Å². The molecule has 0 unspecified atom stereocenters. The molecule has 0 saturated heterocycles. The lowest BCUT2D eigenvalue weighted by Crippen LogP contribution is -1.96. The van der Waals surface area contributed by atoms with E-state index in [1.54, 1.807) is 24.5 Å². The number of furan rings is 1. The molecular weight excluding hydrogens is 336 g/mol. The largest absolute Gasteiger partial charge is 0.467 e. The van der Waals surface area contributed by atoms with E-state index in [0.717, 1.165) is 10.1 Å². The van der Waals surface area contributed by atoms with Crippen molar-refractivity contribution in [3.8, 4) is 0 Å². The van der Waals surface area contributed by atoms with Gasteiger partial charge in [-0.05, 0) is 12.1 Å². The van der Waals surface area contributed by atoms with Crippen molar-refractivity contribution in [3.05, 3.63) is 64.1 Å². The normalized spacial score (nSPS) is 10.6. The summed E-state index contributed by atoms with van der Waals surface area (Å²) in [5.41, 5.74) is 0.795. The van der Waals surface area contributed by atoms with Gasteiger partial charge in [0.15, 0.2) is 4.34 Å². The van der Waals surface area contributed by atoms with Crippen molar-refractivity contribution in [1.82, 2.24) is 10.2 Å². The first kappa shape index (κ1) is 15.5. The molecule has 23 heavy (non-hydrogen) atoms. The number of thioether (sulfide) groups is 1. The van der Waals surface area contributed by atoms with Crippen molar-refractivity contribution >= 4 is 33.9 Å². The molecular formula is C14H12N4O3S2. The highest BCUT2D eigenvalue weighted by Crippen LogP contribution is 2.31. The molecule has 2 heterocycles. The van der Waals surface area contributed by atoms with Crippen LogP contribution in [0.25, 0.3) is 0 Å². The second-order valence-electron chi connectivity index (χ2n) is 4.48. The van der Waals surface area contributed by atoms with Crippen molar-refractivity contribution in [2.24, 2.45) is 0 Å². The van der Waals surface area contributed by atoms with Gasteiger partial charge < -0.3 is 9.73 Å². The van der Waals surface area contributed by atoms with Crippen LogP contribution in [0.1, 0.15) is 11.3 Å². The molecule has 118 valence electrons. The van der Waals surface area contributed by atoms with Gasteiger partial charge in [0.05, 0.1) is 17.7 Å². The van der Waals surface area contributed by atoms with Gasteiger partial charge in [0, 0.05) is 17.4 Å². The molecule has 3 aromatic rings. The van der Waals surface area contributed by atoms with E-state index in [4.69, 9.17) is 4.42 Å². The highest BCUT2D eigenvalue weighted by molar-refractivity contribution is 8.00. The van der Waals surface area contributed by atoms with Crippen LogP contribution in [0.4, 0.5) is 10.8 Å². The first-order valence-electron chi connectivity index (χ1n) is 6.67. The average Bonchev–Trinajstić information content (AvgIpc) is 3.22. The fourth-order valence-corrected chi connectivity index (χ4v) is 3.61. The predicted molar refractivity (Wildman–Crippen MR) is 88.6 cm³/mol. The summed E-state index contributed by atoms with van der Waals surface area (Å²) in [6.07, 6.45) is 1.62. The van der Waals surface area contributed by atoms with E-state index in [1.807, 2.05) is 12.1 Å². The summed E-state index contributed by atoms with van der Waals surface area (Å²) >= 11 is 2.83. The lowest BCUT2D eigenvalue weighted by atomic mass is 10.2. The van der Waals surface area contributed by atoms with Crippen LogP contribution >= 0.6 is 23.1 Å². The van der Waals surface area contributed by atoms with Gasteiger partial charge in [-0.3, -0.25) is 10.1 Å². The zero-order valence-electron chi connectivity index (χ0n) is 11.8. The number of nitro groups is 1. The Kier molecular flexibility index (Phi) is 4.89. The first-order valence-corrected chi connectivity index (χ1v) is 8.47. The minimum atomic E-state index is -0.369. The van der Waals surface area contributed by atoms with Crippen LogP contribution in [-0.4, -0.2) is 15.1 Å². The molecule has 0 radical (unpaired) electrons. The van der Waals surface area contributed by atoms with E-state index < -0.39 is 0 Å².